The molecular weight excluding hydrogens is 378 g/mol. The number of carbonyl (C=O) groups excluding carboxylic acids is 2. The molecule has 2 aromatic rings. The number of hydrogen-bond donors (Lipinski definition) is 0. The fourth-order valence-corrected chi connectivity index (χ4v) is 5.15. The lowest BCUT2D eigenvalue weighted by Crippen LogP contribution is -2.33. The van der Waals surface area contributed by atoms with Crippen molar-refractivity contribution in [2.24, 2.45) is 0 Å². The van der Waals surface area contributed by atoms with Crippen LogP contribution in [-0.2, 0) is 15.3 Å². The molecule has 0 radical (unpaired) electrons. The van der Waals surface area contributed by atoms with Crippen LogP contribution in [0.25, 0.3) is 0 Å². The summed E-state index contributed by atoms with van der Waals surface area (Å²) in [5, 5.41) is 8.26. The Kier molecular flexibility index (Phi) is 6.33. The van der Waals surface area contributed by atoms with E-state index in [2.05, 4.69) is 10.2 Å². The minimum atomic E-state index is -0.143. The highest BCUT2D eigenvalue weighted by Gasteiger charge is 2.26. The summed E-state index contributed by atoms with van der Waals surface area (Å²) in [5.74, 6) is 1.65. The number of likely N-dealkylation sites (tertiary alicyclic amines) is 1. The molecule has 2 amide bonds. The van der Waals surface area contributed by atoms with Gasteiger partial charge in [-0.1, -0.05) is 47.0 Å². The van der Waals surface area contributed by atoms with Crippen LogP contribution < -0.4 is 4.74 Å². The molecule has 1 aliphatic heterocycles. The number of benzene rings is 1. The Labute approximate surface area is 158 Å². The molecule has 1 aliphatic rings. The number of amides is 2. The third-order valence-electron chi connectivity index (χ3n) is 3.60. The Balaban J connectivity index is 1.46. The van der Waals surface area contributed by atoms with Gasteiger partial charge in [0.25, 0.3) is 0 Å². The first kappa shape index (κ1) is 18.2. The minimum absolute atomic E-state index is 0.0707. The van der Waals surface area contributed by atoms with Crippen molar-refractivity contribution in [3.63, 3.8) is 0 Å². The predicted molar refractivity (Wildman–Crippen MR) is 99.1 cm³/mol. The average molecular weight is 396 g/mol. The van der Waals surface area contributed by atoms with Crippen molar-refractivity contribution in [1.29, 1.82) is 0 Å². The second-order valence-corrected chi connectivity index (χ2v) is 8.72. The first-order valence-corrected chi connectivity index (χ1v) is 10.5. The van der Waals surface area contributed by atoms with E-state index in [1.54, 1.807) is 18.9 Å². The maximum Gasteiger partial charge on any atom is 0.239 e. The fraction of sp³-hybridized carbons (Fsp3) is 0.375. The quantitative estimate of drug-likeness (QED) is 0.667. The van der Waals surface area contributed by atoms with Crippen LogP contribution in [0.2, 0.25) is 0 Å². The summed E-state index contributed by atoms with van der Waals surface area (Å²) in [5.41, 5.74) is 1.18. The molecule has 6 nitrogen and oxygen atoms in total. The zero-order chi connectivity index (χ0) is 17.6. The molecule has 1 saturated heterocycles. The molecule has 0 N–H and O–H groups in total. The van der Waals surface area contributed by atoms with Crippen LogP contribution in [0, 0.1) is 0 Å². The molecule has 1 aromatic heterocycles. The van der Waals surface area contributed by atoms with Crippen LogP contribution in [0.4, 0.5) is 0 Å². The largest absolute Gasteiger partial charge is 0.497 e. The van der Waals surface area contributed by atoms with E-state index in [0.717, 1.165) is 26.6 Å². The summed E-state index contributed by atoms with van der Waals surface area (Å²) in [7, 11) is 1.65. The summed E-state index contributed by atoms with van der Waals surface area (Å²) < 4.78 is 6.75. The van der Waals surface area contributed by atoms with Crippen LogP contribution in [0.1, 0.15) is 18.4 Å². The Morgan fingerprint density at radius 1 is 1.24 bits per heavy atom. The van der Waals surface area contributed by atoms with Gasteiger partial charge in [-0.15, -0.1) is 10.2 Å². The molecular formula is C16H17N3O3S3. The number of methoxy groups -OCH3 is 1. The minimum Gasteiger partial charge on any atom is -0.497 e. The highest BCUT2D eigenvalue weighted by atomic mass is 32.2. The second kappa shape index (κ2) is 8.68. The van der Waals surface area contributed by atoms with Crippen LogP contribution in [0.15, 0.2) is 32.9 Å². The first-order chi connectivity index (χ1) is 12.2. The van der Waals surface area contributed by atoms with Gasteiger partial charge in [0.2, 0.25) is 11.8 Å². The van der Waals surface area contributed by atoms with Crippen LogP contribution in [0.5, 0.6) is 5.75 Å². The maximum atomic E-state index is 12.0. The van der Waals surface area contributed by atoms with Gasteiger partial charge in [-0.25, -0.2) is 0 Å². The Morgan fingerprint density at radius 2 is 1.96 bits per heavy atom. The molecule has 25 heavy (non-hydrogen) atoms. The van der Waals surface area contributed by atoms with E-state index in [1.807, 2.05) is 24.3 Å². The van der Waals surface area contributed by atoms with Gasteiger partial charge >= 0.3 is 0 Å². The lowest BCUT2D eigenvalue weighted by atomic mass is 10.2. The van der Waals surface area contributed by atoms with Crippen LogP contribution in [0.3, 0.4) is 0 Å². The number of hydrogen-bond acceptors (Lipinski definition) is 8. The van der Waals surface area contributed by atoms with Crippen LogP contribution >= 0.6 is 34.9 Å². The van der Waals surface area contributed by atoms with Crippen molar-refractivity contribution in [3.05, 3.63) is 29.8 Å². The molecule has 0 atom stereocenters. The van der Waals surface area contributed by atoms with E-state index >= 15 is 0 Å². The lowest BCUT2D eigenvalue weighted by molar-refractivity contribution is -0.140. The number of nitrogens with zero attached hydrogens (tertiary/aromatic N) is 3. The van der Waals surface area contributed by atoms with Crippen molar-refractivity contribution in [1.82, 2.24) is 15.1 Å². The molecule has 0 aliphatic carbocycles. The van der Waals surface area contributed by atoms with E-state index in [1.165, 1.54) is 33.6 Å². The molecule has 2 heterocycles. The molecule has 0 unspecified atom stereocenters. The highest BCUT2D eigenvalue weighted by Crippen LogP contribution is 2.31. The number of ether oxygens (including phenoxy) is 1. The maximum absolute atomic E-state index is 12.0. The Bertz CT molecular complexity index is 749. The third kappa shape index (κ3) is 4.96. The van der Waals surface area contributed by atoms with Crippen molar-refractivity contribution in [2.75, 3.05) is 19.4 Å². The average Bonchev–Trinajstić information content (AvgIpc) is 3.27. The van der Waals surface area contributed by atoms with Gasteiger partial charge in [0, 0.05) is 18.7 Å². The molecule has 0 spiro atoms. The smallest absolute Gasteiger partial charge is 0.239 e. The van der Waals surface area contributed by atoms with Gasteiger partial charge in [0.15, 0.2) is 8.68 Å². The lowest BCUT2D eigenvalue weighted by Gasteiger charge is -2.11. The third-order valence-corrected chi connectivity index (χ3v) is 6.85. The Morgan fingerprint density at radius 3 is 2.60 bits per heavy atom. The fourth-order valence-electron chi connectivity index (χ4n) is 2.29. The van der Waals surface area contributed by atoms with Gasteiger partial charge in [-0.05, 0) is 24.1 Å². The predicted octanol–water partition coefficient (Wildman–Crippen LogP) is 3.08. The van der Waals surface area contributed by atoms with Gasteiger partial charge < -0.3 is 4.74 Å². The van der Waals surface area contributed by atoms with Crippen molar-refractivity contribution in [2.45, 2.75) is 27.3 Å². The summed E-state index contributed by atoms with van der Waals surface area (Å²) in [6.45, 7) is 0.539. The molecule has 3 rings (SSSR count). The van der Waals surface area contributed by atoms with Gasteiger partial charge in [0.05, 0.1) is 12.9 Å². The van der Waals surface area contributed by atoms with Gasteiger partial charge in [-0.2, -0.15) is 0 Å². The van der Waals surface area contributed by atoms with E-state index < -0.39 is 0 Å². The molecule has 132 valence electrons. The monoisotopic (exact) mass is 395 g/mol. The van der Waals surface area contributed by atoms with Gasteiger partial charge in [0.1, 0.15) is 5.75 Å². The molecule has 1 fully saturated rings. The summed E-state index contributed by atoms with van der Waals surface area (Å²) >= 11 is 4.41. The van der Waals surface area contributed by atoms with E-state index in [-0.39, 0.29) is 17.6 Å². The number of carbonyl (C=O) groups is 2. The number of rotatable bonds is 7. The molecule has 0 bridgehead atoms. The van der Waals surface area contributed by atoms with E-state index in [0.29, 0.717) is 13.0 Å². The Hall–Kier alpha value is -1.58. The van der Waals surface area contributed by atoms with Crippen molar-refractivity contribution < 1.29 is 14.3 Å². The topological polar surface area (TPSA) is 72.4 Å². The molecule has 9 heteroatoms. The first-order valence-electron chi connectivity index (χ1n) is 7.71. The molecule has 1 aromatic carbocycles. The standard InChI is InChI=1S/C16H17N3O3S3/c1-22-12-6-4-11(5-7-12)9-23-15-17-18-16(25-15)24-10-14(21)19-8-2-3-13(19)20/h4-7H,2-3,8-10H2,1H3. The normalized spacial score (nSPS) is 14.1. The zero-order valence-corrected chi connectivity index (χ0v) is 16.1. The van der Waals surface area contributed by atoms with Gasteiger partial charge in [-0.3, -0.25) is 14.5 Å². The van der Waals surface area contributed by atoms with E-state index in [9.17, 15) is 9.59 Å². The van der Waals surface area contributed by atoms with Crippen molar-refractivity contribution >= 4 is 46.7 Å². The van der Waals surface area contributed by atoms with Crippen molar-refractivity contribution in [3.8, 4) is 5.75 Å². The summed E-state index contributed by atoms with van der Waals surface area (Å²) in [4.78, 5) is 24.9. The van der Waals surface area contributed by atoms with E-state index in [4.69, 9.17) is 4.74 Å². The summed E-state index contributed by atoms with van der Waals surface area (Å²) in [6.07, 6.45) is 1.24. The second-order valence-electron chi connectivity index (χ2n) is 5.30. The highest BCUT2D eigenvalue weighted by molar-refractivity contribution is 8.03. The summed E-state index contributed by atoms with van der Waals surface area (Å²) in [6, 6.07) is 7.91. The number of thioether (sulfide) groups is 2. The van der Waals surface area contributed by atoms with Crippen LogP contribution in [-0.4, -0.2) is 46.3 Å². The zero-order valence-electron chi connectivity index (χ0n) is 13.6. The molecule has 0 saturated carbocycles. The number of imide groups is 1. The number of aromatic nitrogens is 2. The SMILES string of the molecule is COc1ccc(CSc2nnc(SCC(=O)N3CCCC3=O)s2)cc1.